The Hall–Kier alpha value is -1.56. The van der Waals surface area contributed by atoms with Gasteiger partial charge in [0, 0.05) is 7.05 Å². The highest BCUT2D eigenvalue weighted by Crippen LogP contribution is 2.26. The lowest BCUT2D eigenvalue weighted by molar-refractivity contribution is -0.129. The number of nitrogens with zero attached hydrogens (tertiary/aromatic N) is 2. The maximum Gasteiger partial charge on any atom is 0.237 e. The van der Waals surface area contributed by atoms with Gasteiger partial charge < -0.3 is 5.73 Å². The summed E-state index contributed by atoms with van der Waals surface area (Å²) in [5.41, 5.74) is 5.08. The van der Waals surface area contributed by atoms with Crippen LogP contribution in [0, 0.1) is 5.92 Å². The highest BCUT2D eigenvalue weighted by atomic mass is 32.2. The fraction of sp³-hybridized carbons (Fsp3) is 0.364. The Balaban J connectivity index is 2.19. The van der Waals surface area contributed by atoms with Gasteiger partial charge in [0.2, 0.25) is 11.8 Å². The van der Waals surface area contributed by atoms with E-state index in [0.717, 1.165) is 0 Å². The normalized spacial score (nSPS) is 26.8. The van der Waals surface area contributed by atoms with Crippen LogP contribution in [0.25, 0.3) is 0 Å². The smallest absolute Gasteiger partial charge is 0.237 e. The topological polar surface area (TPSA) is 75.8 Å². The molecule has 2 amide bonds. The van der Waals surface area contributed by atoms with E-state index in [4.69, 9.17) is 5.73 Å². The lowest BCUT2D eigenvalue weighted by atomic mass is 9.93. The van der Waals surface area contributed by atoms with Crippen LogP contribution < -0.4 is 5.73 Å². The number of fused-ring (bicyclic) bond motifs is 1. The SMILES string of the molecule is CN1C(=O)C2C=CC=CC2N=C1SCC(N)=O. The molecule has 0 saturated heterocycles. The van der Waals surface area contributed by atoms with Crippen molar-refractivity contribution in [3.8, 4) is 0 Å². The van der Waals surface area contributed by atoms with Crippen LogP contribution in [0.4, 0.5) is 0 Å². The van der Waals surface area contributed by atoms with Crippen LogP contribution in [0.3, 0.4) is 0 Å². The molecular weight excluding hydrogens is 238 g/mol. The van der Waals surface area contributed by atoms with Gasteiger partial charge in [-0.2, -0.15) is 0 Å². The van der Waals surface area contributed by atoms with E-state index in [1.54, 1.807) is 7.05 Å². The Kier molecular flexibility index (Phi) is 3.33. The molecule has 1 heterocycles. The lowest BCUT2D eigenvalue weighted by Crippen LogP contribution is -2.45. The molecule has 2 unspecified atom stereocenters. The van der Waals surface area contributed by atoms with Crippen molar-refractivity contribution in [3.05, 3.63) is 24.3 Å². The fourth-order valence-electron chi connectivity index (χ4n) is 1.75. The summed E-state index contributed by atoms with van der Waals surface area (Å²) in [5, 5.41) is 0.551. The van der Waals surface area contributed by atoms with Crippen LogP contribution in [0.2, 0.25) is 0 Å². The average Bonchev–Trinajstić information content (AvgIpc) is 2.32. The lowest BCUT2D eigenvalue weighted by Gasteiger charge is -2.32. The van der Waals surface area contributed by atoms with Gasteiger partial charge in [0.25, 0.3) is 0 Å². The van der Waals surface area contributed by atoms with Crippen LogP contribution in [0.5, 0.6) is 0 Å². The molecule has 0 saturated carbocycles. The summed E-state index contributed by atoms with van der Waals surface area (Å²) in [5.74, 6) is -0.506. The first-order chi connectivity index (χ1) is 8.09. The number of amidine groups is 1. The number of hydrogen-bond donors (Lipinski definition) is 1. The molecule has 1 aliphatic carbocycles. The number of hydrogen-bond acceptors (Lipinski definition) is 4. The van der Waals surface area contributed by atoms with E-state index < -0.39 is 5.91 Å². The van der Waals surface area contributed by atoms with Gasteiger partial charge in [-0.05, 0) is 0 Å². The predicted octanol–water partition coefficient (Wildman–Crippen LogP) is 0.144. The van der Waals surface area contributed by atoms with E-state index in [2.05, 4.69) is 4.99 Å². The number of nitrogens with two attached hydrogens (primary N) is 1. The minimum absolute atomic E-state index is 0.00225. The molecule has 0 spiro atoms. The third-order valence-electron chi connectivity index (χ3n) is 2.61. The molecule has 0 fully saturated rings. The van der Waals surface area contributed by atoms with Gasteiger partial charge in [-0.3, -0.25) is 19.5 Å². The second-order valence-electron chi connectivity index (χ2n) is 3.85. The van der Waals surface area contributed by atoms with Gasteiger partial charge in [0.15, 0.2) is 5.17 Å². The summed E-state index contributed by atoms with van der Waals surface area (Å²) in [4.78, 5) is 28.7. The van der Waals surface area contributed by atoms with Crippen molar-refractivity contribution in [2.75, 3.05) is 12.8 Å². The number of carbonyl (C=O) groups is 2. The number of thioether (sulfide) groups is 1. The number of carbonyl (C=O) groups excluding carboxylic acids is 2. The van der Waals surface area contributed by atoms with Crippen LogP contribution in [-0.4, -0.2) is 40.7 Å². The second-order valence-corrected chi connectivity index (χ2v) is 4.79. The summed E-state index contributed by atoms with van der Waals surface area (Å²) in [6.07, 6.45) is 7.46. The van der Waals surface area contributed by atoms with Crippen LogP contribution >= 0.6 is 11.8 Å². The van der Waals surface area contributed by atoms with Gasteiger partial charge in [0.05, 0.1) is 17.7 Å². The molecule has 6 heteroatoms. The van der Waals surface area contributed by atoms with Gasteiger partial charge in [-0.15, -0.1) is 0 Å². The van der Waals surface area contributed by atoms with Crippen LogP contribution in [0.15, 0.2) is 29.3 Å². The minimum atomic E-state index is -0.417. The molecule has 1 aliphatic heterocycles. The standard InChI is InChI=1S/C11H13N3O2S/c1-14-10(16)7-4-2-3-5-8(7)13-11(14)17-6-9(12)15/h2-5,7-8H,6H2,1H3,(H2,12,15). The van der Waals surface area contributed by atoms with Crippen molar-refractivity contribution >= 4 is 28.7 Å². The third kappa shape index (κ3) is 2.41. The quantitative estimate of drug-likeness (QED) is 0.758. The van der Waals surface area contributed by atoms with Gasteiger partial charge in [0.1, 0.15) is 0 Å². The Morgan fingerprint density at radius 2 is 2.24 bits per heavy atom. The molecule has 90 valence electrons. The Morgan fingerprint density at radius 1 is 1.53 bits per heavy atom. The zero-order valence-corrected chi connectivity index (χ0v) is 10.2. The molecule has 0 bridgehead atoms. The third-order valence-corrected chi connectivity index (χ3v) is 3.68. The van der Waals surface area contributed by atoms with Crippen molar-refractivity contribution in [1.29, 1.82) is 0 Å². The van der Waals surface area contributed by atoms with Crippen molar-refractivity contribution in [2.45, 2.75) is 6.04 Å². The molecular formula is C11H13N3O2S. The van der Waals surface area contributed by atoms with E-state index >= 15 is 0 Å². The van der Waals surface area contributed by atoms with Gasteiger partial charge in [-0.1, -0.05) is 36.1 Å². The Bertz CT molecular complexity index is 442. The molecule has 0 radical (unpaired) electrons. The first kappa shape index (κ1) is 11.9. The van der Waals surface area contributed by atoms with E-state index in [0.29, 0.717) is 5.17 Å². The monoisotopic (exact) mass is 251 g/mol. The number of primary amides is 1. The van der Waals surface area contributed by atoms with Crippen molar-refractivity contribution in [3.63, 3.8) is 0 Å². The van der Waals surface area contributed by atoms with E-state index in [9.17, 15) is 9.59 Å². The molecule has 0 aromatic heterocycles. The van der Waals surface area contributed by atoms with Gasteiger partial charge in [-0.25, -0.2) is 0 Å². The molecule has 17 heavy (non-hydrogen) atoms. The summed E-state index contributed by atoms with van der Waals surface area (Å²) in [7, 11) is 1.66. The van der Waals surface area contributed by atoms with Crippen molar-refractivity contribution < 1.29 is 9.59 Å². The molecule has 2 rings (SSSR count). The first-order valence-electron chi connectivity index (χ1n) is 5.21. The predicted molar refractivity (Wildman–Crippen MR) is 67.4 cm³/mol. The zero-order valence-electron chi connectivity index (χ0n) is 9.37. The highest BCUT2D eigenvalue weighted by molar-refractivity contribution is 8.14. The van der Waals surface area contributed by atoms with Crippen molar-refractivity contribution in [2.24, 2.45) is 16.6 Å². The Labute approximate surface area is 103 Å². The summed E-state index contributed by atoms with van der Waals surface area (Å²) < 4.78 is 0. The molecule has 0 aromatic rings. The fourth-order valence-corrected chi connectivity index (χ4v) is 2.50. The van der Waals surface area contributed by atoms with Crippen molar-refractivity contribution in [1.82, 2.24) is 4.90 Å². The minimum Gasteiger partial charge on any atom is -0.369 e. The maximum atomic E-state index is 12.0. The van der Waals surface area contributed by atoms with Crippen LogP contribution in [0.1, 0.15) is 0 Å². The molecule has 5 nitrogen and oxygen atoms in total. The second kappa shape index (κ2) is 4.75. The first-order valence-corrected chi connectivity index (χ1v) is 6.19. The molecule has 0 aromatic carbocycles. The number of amides is 2. The summed E-state index contributed by atoms with van der Waals surface area (Å²) >= 11 is 1.20. The van der Waals surface area contributed by atoms with Gasteiger partial charge >= 0.3 is 0 Å². The Morgan fingerprint density at radius 3 is 2.94 bits per heavy atom. The number of rotatable bonds is 2. The van der Waals surface area contributed by atoms with E-state index in [-0.39, 0.29) is 23.6 Å². The summed E-state index contributed by atoms with van der Waals surface area (Å²) in [6.45, 7) is 0. The number of aliphatic imine (C=N–C) groups is 1. The maximum absolute atomic E-state index is 12.0. The zero-order chi connectivity index (χ0) is 12.4. The molecule has 2 aliphatic rings. The molecule has 2 N–H and O–H groups in total. The average molecular weight is 251 g/mol. The van der Waals surface area contributed by atoms with Crippen LogP contribution in [-0.2, 0) is 9.59 Å². The largest absolute Gasteiger partial charge is 0.369 e. The summed E-state index contributed by atoms with van der Waals surface area (Å²) in [6, 6.07) is -0.154. The molecule has 2 atom stereocenters. The van der Waals surface area contributed by atoms with E-state index in [1.165, 1.54) is 16.7 Å². The van der Waals surface area contributed by atoms with E-state index in [1.807, 2.05) is 24.3 Å². The highest BCUT2D eigenvalue weighted by Gasteiger charge is 2.34. The number of allylic oxidation sites excluding steroid dienone is 2.